The van der Waals surface area contributed by atoms with Crippen LogP contribution in [0.25, 0.3) is 22.4 Å². The third-order valence-electron chi connectivity index (χ3n) is 6.80. The molecule has 0 N–H and O–H groups in total. The van der Waals surface area contributed by atoms with Gasteiger partial charge in [0, 0.05) is 46.0 Å². The Labute approximate surface area is 181 Å². The number of rotatable bonds is 7. The van der Waals surface area contributed by atoms with Crippen molar-refractivity contribution in [1.82, 2.24) is 4.98 Å². The third kappa shape index (κ3) is 3.45. The van der Waals surface area contributed by atoms with Gasteiger partial charge in [0.05, 0.1) is 5.69 Å². The summed E-state index contributed by atoms with van der Waals surface area (Å²) in [6.07, 6.45) is 16.1. The van der Waals surface area contributed by atoms with Crippen LogP contribution in [0.3, 0.4) is 0 Å². The molecule has 3 aromatic heterocycles. The summed E-state index contributed by atoms with van der Waals surface area (Å²) in [5, 5.41) is 0. The number of aryl methyl sites for hydroxylation is 3. The van der Waals surface area contributed by atoms with Crippen LogP contribution < -0.4 is 9.13 Å². The molecular weight excluding hydrogens is 366 g/mol. The number of aromatic nitrogens is 3. The van der Waals surface area contributed by atoms with E-state index in [4.69, 9.17) is 4.98 Å². The predicted molar refractivity (Wildman–Crippen MR) is 122 cm³/mol. The van der Waals surface area contributed by atoms with Crippen LogP contribution in [0, 0.1) is 6.92 Å². The second-order valence-electron chi connectivity index (χ2n) is 9.00. The molecule has 0 saturated carbocycles. The first kappa shape index (κ1) is 20.7. The molecule has 1 aliphatic rings. The zero-order valence-electron chi connectivity index (χ0n) is 19.2. The van der Waals surface area contributed by atoms with Crippen LogP contribution in [0.2, 0.25) is 0 Å². The maximum absolute atomic E-state index is 5.22. The monoisotopic (exact) mass is 401 g/mol. The highest BCUT2D eigenvalue weighted by atomic mass is 14.9. The molecule has 0 atom stereocenters. The first-order chi connectivity index (χ1) is 14.5. The van der Waals surface area contributed by atoms with Gasteiger partial charge in [0.25, 0.3) is 0 Å². The fourth-order valence-corrected chi connectivity index (χ4v) is 5.10. The van der Waals surface area contributed by atoms with E-state index in [9.17, 15) is 0 Å². The lowest BCUT2D eigenvalue weighted by atomic mass is 9.71. The van der Waals surface area contributed by atoms with Crippen LogP contribution in [0.1, 0.15) is 69.2 Å². The minimum Gasteiger partial charge on any atom is -0.252 e. The summed E-state index contributed by atoms with van der Waals surface area (Å²) in [4.78, 5) is 5.22. The highest BCUT2D eigenvalue weighted by Crippen LogP contribution is 2.53. The summed E-state index contributed by atoms with van der Waals surface area (Å²) < 4.78 is 4.30. The average molecular weight is 402 g/mol. The van der Waals surface area contributed by atoms with Crippen molar-refractivity contribution in [3.63, 3.8) is 0 Å². The van der Waals surface area contributed by atoms with Gasteiger partial charge >= 0.3 is 0 Å². The van der Waals surface area contributed by atoms with Crippen molar-refractivity contribution in [2.75, 3.05) is 0 Å². The van der Waals surface area contributed by atoms with Crippen molar-refractivity contribution in [3.8, 4) is 22.4 Å². The van der Waals surface area contributed by atoms with Gasteiger partial charge in [-0.25, -0.2) is 9.13 Å². The molecule has 0 bridgehead atoms. The largest absolute Gasteiger partial charge is 0.252 e. The van der Waals surface area contributed by atoms with Crippen molar-refractivity contribution in [2.24, 2.45) is 14.1 Å². The maximum Gasteiger partial charge on any atom is 0.173 e. The number of hydrogen-bond donors (Lipinski definition) is 0. The summed E-state index contributed by atoms with van der Waals surface area (Å²) in [6.45, 7) is 6.76. The first-order valence-corrected chi connectivity index (χ1v) is 11.5. The van der Waals surface area contributed by atoms with E-state index in [1.165, 1.54) is 72.0 Å². The standard InChI is InChI=1S/C27H35N3/c1-6-8-13-27(14-9-7-2)24-18-23(21-10-15-29(4)16-11-21)20(3)28-26(24)22-12-17-30(5)19-25(22)27/h10-12,15-19H,6-9,13-14H2,1-5H3/q+2. The molecule has 0 aromatic carbocycles. The van der Waals surface area contributed by atoms with Crippen molar-refractivity contribution in [1.29, 1.82) is 0 Å². The van der Waals surface area contributed by atoms with Crippen LogP contribution in [0.5, 0.6) is 0 Å². The van der Waals surface area contributed by atoms with Crippen molar-refractivity contribution in [3.05, 3.63) is 65.9 Å². The van der Waals surface area contributed by atoms with Crippen molar-refractivity contribution in [2.45, 2.75) is 64.7 Å². The van der Waals surface area contributed by atoms with Crippen LogP contribution in [0.4, 0.5) is 0 Å². The van der Waals surface area contributed by atoms with Gasteiger partial charge in [0.15, 0.2) is 24.8 Å². The van der Waals surface area contributed by atoms with Crippen molar-refractivity contribution >= 4 is 0 Å². The Bertz CT molecular complexity index is 1040. The van der Waals surface area contributed by atoms with E-state index >= 15 is 0 Å². The lowest BCUT2D eigenvalue weighted by molar-refractivity contribution is -0.672. The fourth-order valence-electron chi connectivity index (χ4n) is 5.10. The van der Waals surface area contributed by atoms with E-state index in [0.29, 0.717) is 0 Å². The Balaban J connectivity index is 1.96. The van der Waals surface area contributed by atoms with E-state index in [1.807, 2.05) is 0 Å². The third-order valence-corrected chi connectivity index (χ3v) is 6.80. The van der Waals surface area contributed by atoms with E-state index in [0.717, 1.165) is 5.69 Å². The van der Waals surface area contributed by atoms with Gasteiger partial charge in [-0.1, -0.05) is 39.5 Å². The molecule has 156 valence electrons. The normalized spacial score (nSPS) is 13.9. The molecule has 4 rings (SSSR count). The molecule has 0 radical (unpaired) electrons. The quantitative estimate of drug-likeness (QED) is 0.489. The Morgan fingerprint density at radius 2 is 1.47 bits per heavy atom. The number of pyridine rings is 3. The first-order valence-electron chi connectivity index (χ1n) is 11.5. The molecule has 0 amide bonds. The maximum atomic E-state index is 5.22. The van der Waals surface area contributed by atoms with Gasteiger partial charge in [-0.15, -0.1) is 0 Å². The summed E-state index contributed by atoms with van der Waals surface area (Å²) in [6, 6.07) is 9.16. The Morgan fingerprint density at radius 1 is 0.833 bits per heavy atom. The molecule has 1 aliphatic carbocycles. The topological polar surface area (TPSA) is 20.6 Å². The van der Waals surface area contributed by atoms with Gasteiger partial charge in [-0.3, -0.25) is 4.98 Å². The van der Waals surface area contributed by atoms with Gasteiger partial charge in [-0.05, 0) is 37.0 Å². The molecule has 0 aliphatic heterocycles. The van der Waals surface area contributed by atoms with Crippen LogP contribution >= 0.6 is 0 Å². The molecule has 0 spiro atoms. The lowest BCUT2D eigenvalue weighted by Crippen LogP contribution is -2.32. The molecule has 30 heavy (non-hydrogen) atoms. The minimum absolute atomic E-state index is 0.0740. The molecule has 3 nitrogen and oxygen atoms in total. The second kappa shape index (κ2) is 8.29. The zero-order chi connectivity index (χ0) is 21.3. The highest BCUT2D eigenvalue weighted by molar-refractivity contribution is 5.81. The Morgan fingerprint density at radius 3 is 2.10 bits per heavy atom. The highest BCUT2D eigenvalue weighted by Gasteiger charge is 2.45. The number of hydrogen-bond acceptors (Lipinski definition) is 1. The smallest absolute Gasteiger partial charge is 0.173 e. The van der Waals surface area contributed by atoms with Crippen LogP contribution in [-0.4, -0.2) is 4.98 Å². The van der Waals surface area contributed by atoms with Crippen molar-refractivity contribution < 1.29 is 9.13 Å². The number of fused-ring (bicyclic) bond motifs is 3. The molecular formula is C27H35N3+2. The molecule has 3 heteroatoms. The minimum atomic E-state index is 0.0740. The SMILES string of the molecule is CCCCC1(CCCC)c2c[n+](C)ccc2-c2nc(C)c(-c3cc[n+](C)cc3)cc21. The Kier molecular flexibility index (Phi) is 5.73. The summed E-state index contributed by atoms with van der Waals surface area (Å²) in [5.41, 5.74) is 9.18. The van der Waals surface area contributed by atoms with E-state index < -0.39 is 0 Å². The second-order valence-corrected chi connectivity index (χ2v) is 9.00. The van der Waals surface area contributed by atoms with Gasteiger partial charge in [0.1, 0.15) is 14.1 Å². The lowest BCUT2D eigenvalue weighted by Gasteiger charge is -2.31. The molecule has 0 unspecified atom stereocenters. The summed E-state index contributed by atoms with van der Waals surface area (Å²) in [5.74, 6) is 0. The van der Waals surface area contributed by atoms with Gasteiger partial charge < -0.3 is 0 Å². The summed E-state index contributed by atoms with van der Waals surface area (Å²) in [7, 11) is 4.20. The van der Waals surface area contributed by atoms with Gasteiger partial charge in [-0.2, -0.15) is 0 Å². The predicted octanol–water partition coefficient (Wildman–Crippen LogP) is 5.35. The molecule has 3 aromatic rings. The fraction of sp³-hybridized carbons (Fsp3) is 0.444. The zero-order valence-corrected chi connectivity index (χ0v) is 19.2. The van der Waals surface area contributed by atoms with Gasteiger partial charge in [0.2, 0.25) is 0 Å². The average Bonchev–Trinajstić information content (AvgIpc) is 2.99. The van der Waals surface area contributed by atoms with Crippen LogP contribution in [0.15, 0.2) is 49.1 Å². The van der Waals surface area contributed by atoms with E-state index in [2.05, 4.69) is 93.1 Å². The molecule has 0 saturated heterocycles. The van der Waals surface area contributed by atoms with E-state index in [1.54, 1.807) is 0 Å². The van der Waals surface area contributed by atoms with E-state index in [-0.39, 0.29) is 5.41 Å². The van der Waals surface area contributed by atoms with Crippen LogP contribution in [-0.2, 0) is 19.5 Å². The number of unbranched alkanes of at least 4 members (excludes halogenated alkanes) is 2. The molecule has 3 heterocycles. The number of nitrogens with zero attached hydrogens (tertiary/aromatic N) is 3. The Hall–Kier alpha value is -2.55. The summed E-state index contributed by atoms with van der Waals surface area (Å²) >= 11 is 0. The molecule has 0 fully saturated rings.